The fourth-order valence-electron chi connectivity index (χ4n) is 2.70. The molecule has 1 aromatic rings. The quantitative estimate of drug-likeness (QED) is 0.246. The summed E-state index contributed by atoms with van der Waals surface area (Å²) in [5, 5.41) is 3.43. The lowest BCUT2D eigenvalue weighted by Gasteiger charge is -2.27. The van der Waals surface area contributed by atoms with E-state index in [1.54, 1.807) is 0 Å². The highest BCUT2D eigenvalue weighted by Gasteiger charge is 2.20. The number of rotatable bonds is 6. The summed E-state index contributed by atoms with van der Waals surface area (Å²) in [6.07, 6.45) is 4.36. The van der Waals surface area contributed by atoms with E-state index >= 15 is 0 Å². The van der Waals surface area contributed by atoms with Gasteiger partial charge in [0, 0.05) is 19.8 Å². The van der Waals surface area contributed by atoms with Crippen LogP contribution in [0.2, 0.25) is 0 Å². The molecule has 0 saturated heterocycles. The minimum Gasteiger partial charge on any atom is -0.382 e. The van der Waals surface area contributed by atoms with Crippen LogP contribution >= 0.6 is 0 Å². The second-order valence-electron chi connectivity index (χ2n) is 5.21. The number of hydrogen-bond acceptors (Lipinski definition) is 3. The summed E-state index contributed by atoms with van der Waals surface area (Å²) in [6, 6.07) is 8.88. The number of fused-ring (bicyclic) bond motifs is 1. The molecule has 5 nitrogen and oxygen atoms in total. The van der Waals surface area contributed by atoms with Gasteiger partial charge in [0.25, 0.3) is 0 Å². The van der Waals surface area contributed by atoms with Crippen LogP contribution in [0.1, 0.15) is 43.4 Å². The van der Waals surface area contributed by atoms with E-state index in [-0.39, 0.29) is 6.04 Å². The lowest BCUT2D eigenvalue weighted by Crippen LogP contribution is -2.44. The van der Waals surface area contributed by atoms with Gasteiger partial charge < -0.3 is 10.1 Å². The molecule has 1 aliphatic carbocycles. The Hall–Kier alpha value is -1.59. The normalized spacial score (nSPS) is 18.2. The molecular weight excluding hydrogens is 264 g/mol. The fourth-order valence-corrected chi connectivity index (χ4v) is 2.70. The highest BCUT2D eigenvalue weighted by molar-refractivity contribution is 5.79. The number of nitrogens with one attached hydrogen (secondary N) is 2. The van der Waals surface area contributed by atoms with E-state index in [4.69, 9.17) is 10.6 Å². The zero-order valence-electron chi connectivity index (χ0n) is 12.8. The molecule has 0 radical (unpaired) electrons. The average molecular weight is 290 g/mol. The van der Waals surface area contributed by atoms with Gasteiger partial charge in [0.05, 0.1) is 6.04 Å². The summed E-state index contributed by atoms with van der Waals surface area (Å²) in [7, 11) is 0. The van der Waals surface area contributed by atoms with Gasteiger partial charge in [0.1, 0.15) is 0 Å². The molecule has 1 aromatic carbocycles. The second-order valence-corrected chi connectivity index (χ2v) is 5.21. The maximum absolute atomic E-state index is 5.58. The van der Waals surface area contributed by atoms with Crippen molar-refractivity contribution in [2.45, 2.75) is 38.6 Å². The number of nitrogens with zero attached hydrogens (tertiary/aromatic N) is 1. The highest BCUT2D eigenvalue weighted by atomic mass is 16.5. The van der Waals surface area contributed by atoms with Crippen LogP contribution in [0.15, 0.2) is 29.3 Å². The molecule has 21 heavy (non-hydrogen) atoms. The Morgan fingerprint density at radius 3 is 3.10 bits per heavy atom. The van der Waals surface area contributed by atoms with Crippen molar-refractivity contribution in [3.63, 3.8) is 0 Å². The minimum absolute atomic E-state index is 0.289. The Bertz CT molecular complexity index is 461. The molecule has 0 heterocycles. The Morgan fingerprint density at radius 1 is 1.43 bits per heavy atom. The van der Waals surface area contributed by atoms with E-state index in [9.17, 15) is 0 Å². The predicted octanol–water partition coefficient (Wildman–Crippen LogP) is 1.90. The van der Waals surface area contributed by atoms with Crippen LogP contribution in [0.3, 0.4) is 0 Å². The summed E-state index contributed by atoms with van der Waals surface area (Å²) < 4.78 is 5.30. The zero-order chi connectivity index (χ0) is 14.9. The van der Waals surface area contributed by atoms with Gasteiger partial charge >= 0.3 is 0 Å². The van der Waals surface area contributed by atoms with Crippen molar-refractivity contribution in [1.29, 1.82) is 0 Å². The lowest BCUT2D eigenvalue weighted by molar-refractivity contribution is 0.146. The van der Waals surface area contributed by atoms with Gasteiger partial charge in [-0.1, -0.05) is 24.3 Å². The van der Waals surface area contributed by atoms with Crippen LogP contribution < -0.4 is 16.6 Å². The molecule has 0 saturated carbocycles. The van der Waals surface area contributed by atoms with Crippen molar-refractivity contribution in [1.82, 2.24) is 10.7 Å². The SMILES string of the molecule is CCOCCCN=C(NN)NC1CCCc2ccccc21. The van der Waals surface area contributed by atoms with Gasteiger partial charge in [0.2, 0.25) is 5.96 Å². The predicted molar refractivity (Wildman–Crippen MR) is 86.0 cm³/mol. The molecule has 0 amide bonds. The molecule has 0 aliphatic heterocycles. The zero-order valence-corrected chi connectivity index (χ0v) is 12.8. The average Bonchev–Trinajstić information content (AvgIpc) is 2.53. The van der Waals surface area contributed by atoms with Crippen molar-refractivity contribution in [3.8, 4) is 0 Å². The molecule has 1 aliphatic rings. The molecule has 1 unspecified atom stereocenters. The number of hydrazine groups is 1. The molecule has 0 fully saturated rings. The van der Waals surface area contributed by atoms with E-state index in [1.165, 1.54) is 17.5 Å². The third-order valence-corrected chi connectivity index (χ3v) is 3.74. The van der Waals surface area contributed by atoms with Gasteiger partial charge in [-0.25, -0.2) is 5.84 Å². The summed E-state index contributed by atoms with van der Waals surface area (Å²) >= 11 is 0. The van der Waals surface area contributed by atoms with Gasteiger partial charge in [0.15, 0.2) is 0 Å². The number of nitrogens with two attached hydrogens (primary N) is 1. The van der Waals surface area contributed by atoms with Crippen LogP contribution in [0.4, 0.5) is 0 Å². The summed E-state index contributed by atoms with van der Waals surface area (Å²) in [6.45, 7) is 4.20. The number of guanidine groups is 1. The van der Waals surface area contributed by atoms with Crippen LogP contribution in [0, 0.1) is 0 Å². The first-order valence-corrected chi connectivity index (χ1v) is 7.78. The molecule has 116 valence electrons. The number of hydrogen-bond donors (Lipinski definition) is 3. The Labute approximate surface area is 126 Å². The molecule has 0 bridgehead atoms. The first-order chi connectivity index (χ1) is 10.3. The standard InChI is InChI=1S/C16H26N4O/c1-2-21-12-6-11-18-16(20-17)19-15-10-5-8-13-7-3-4-9-14(13)15/h3-4,7,9,15H,2,5-6,8,10-12,17H2,1H3,(H2,18,19,20). The highest BCUT2D eigenvalue weighted by Crippen LogP contribution is 2.29. The molecule has 5 heteroatoms. The summed E-state index contributed by atoms with van der Waals surface area (Å²) in [4.78, 5) is 4.47. The Balaban J connectivity index is 1.91. The minimum atomic E-state index is 0.289. The van der Waals surface area contributed by atoms with Gasteiger partial charge in [-0.15, -0.1) is 0 Å². The Kier molecular flexibility index (Phi) is 6.50. The van der Waals surface area contributed by atoms with Crippen molar-refractivity contribution in [2.24, 2.45) is 10.8 Å². The monoisotopic (exact) mass is 290 g/mol. The van der Waals surface area contributed by atoms with Crippen molar-refractivity contribution < 1.29 is 4.74 Å². The molecule has 0 aromatic heterocycles. The molecular formula is C16H26N4O. The van der Waals surface area contributed by atoms with E-state index < -0.39 is 0 Å². The van der Waals surface area contributed by atoms with E-state index in [2.05, 4.69) is 40.0 Å². The van der Waals surface area contributed by atoms with Crippen molar-refractivity contribution >= 4 is 5.96 Å². The van der Waals surface area contributed by atoms with Gasteiger partial charge in [-0.05, 0) is 43.7 Å². The van der Waals surface area contributed by atoms with Crippen LogP contribution in [-0.4, -0.2) is 25.7 Å². The third-order valence-electron chi connectivity index (χ3n) is 3.74. The smallest absolute Gasteiger partial charge is 0.206 e. The van der Waals surface area contributed by atoms with Gasteiger partial charge in [-0.3, -0.25) is 10.4 Å². The lowest BCUT2D eigenvalue weighted by atomic mass is 9.88. The van der Waals surface area contributed by atoms with Gasteiger partial charge in [-0.2, -0.15) is 0 Å². The van der Waals surface area contributed by atoms with Crippen LogP contribution in [0.25, 0.3) is 0 Å². The maximum Gasteiger partial charge on any atom is 0.206 e. The molecule has 4 N–H and O–H groups in total. The van der Waals surface area contributed by atoms with E-state index in [0.717, 1.165) is 32.5 Å². The topological polar surface area (TPSA) is 71.7 Å². The largest absolute Gasteiger partial charge is 0.382 e. The maximum atomic E-state index is 5.58. The van der Waals surface area contributed by atoms with Crippen LogP contribution in [-0.2, 0) is 11.2 Å². The number of ether oxygens (including phenoxy) is 1. The van der Waals surface area contributed by atoms with Crippen molar-refractivity contribution in [3.05, 3.63) is 35.4 Å². The third kappa shape index (κ3) is 4.72. The van der Waals surface area contributed by atoms with Crippen LogP contribution in [0.5, 0.6) is 0 Å². The summed E-state index contributed by atoms with van der Waals surface area (Å²) in [5.41, 5.74) is 5.46. The van der Waals surface area contributed by atoms with E-state index in [1.807, 2.05) is 6.92 Å². The number of aryl methyl sites for hydroxylation is 1. The first-order valence-electron chi connectivity index (χ1n) is 7.78. The summed E-state index contributed by atoms with van der Waals surface area (Å²) in [5.74, 6) is 6.24. The molecule has 0 spiro atoms. The molecule has 2 rings (SSSR count). The number of benzene rings is 1. The number of aliphatic imine (C=N–C) groups is 1. The molecule has 1 atom stereocenters. The first kappa shape index (κ1) is 15.8. The second kappa shape index (κ2) is 8.64. The fraction of sp³-hybridized carbons (Fsp3) is 0.562. The van der Waals surface area contributed by atoms with E-state index in [0.29, 0.717) is 12.5 Å². The Morgan fingerprint density at radius 2 is 2.29 bits per heavy atom. The van der Waals surface area contributed by atoms with Crippen molar-refractivity contribution in [2.75, 3.05) is 19.8 Å².